The quantitative estimate of drug-likeness (QED) is 0.800. The van der Waals surface area contributed by atoms with E-state index < -0.39 is 29.3 Å². The maximum atomic E-state index is 13.6. The van der Waals surface area contributed by atoms with Gasteiger partial charge < -0.3 is 10.4 Å². The highest BCUT2D eigenvalue weighted by molar-refractivity contribution is 9.10. The number of aromatic hydroxyl groups is 1. The zero-order valence-corrected chi connectivity index (χ0v) is 11.9. The summed E-state index contributed by atoms with van der Waals surface area (Å²) in [5, 5.41) is 12.7. The van der Waals surface area contributed by atoms with Crippen LogP contribution in [0.2, 0.25) is 0 Å². The fraction of sp³-hybridized carbons (Fsp3) is 0.500. The van der Waals surface area contributed by atoms with Gasteiger partial charge in [-0.25, -0.2) is 4.39 Å². The molecule has 0 radical (unpaired) electrons. The molecule has 1 aliphatic heterocycles. The zero-order valence-electron chi connectivity index (χ0n) is 10.3. The average Bonchev–Trinajstić information content (AvgIpc) is 2.39. The van der Waals surface area contributed by atoms with E-state index in [1.54, 1.807) is 0 Å². The Labute approximate surface area is 121 Å². The number of rotatable bonds is 2. The molecule has 1 heterocycles. The number of nitrogens with zero attached hydrogens (tertiary/aromatic N) is 1. The van der Waals surface area contributed by atoms with Gasteiger partial charge in [-0.05, 0) is 22.0 Å². The molecule has 1 saturated heterocycles. The van der Waals surface area contributed by atoms with Gasteiger partial charge in [0, 0.05) is 31.7 Å². The lowest BCUT2D eigenvalue weighted by Gasteiger charge is -2.36. The van der Waals surface area contributed by atoms with E-state index in [4.69, 9.17) is 0 Å². The Balaban J connectivity index is 2.44. The molecule has 0 saturated carbocycles. The lowest BCUT2D eigenvalue weighted by molar-refractivity contribution is -0.188. The van der Waals surface area contributed by atoms with Gasteiger partial charge >= 0.3 is 6.18 Å². The van der Waals surface area contributed by atoms with E-state index in [0.717, 1.165) is 6.07 Å². The zero-order chi connectivity index (χ0) is 14.9. The number of phenols is 1. The van der Waals surface area contributed by atoms with Crippen molar-refractivity contribution in [2.75, 3.05) is 26.2 Å². The molecular formula is C12H13BrF4N2O. The monoisotopic (exact) mass is 356 g/mol. The van der Waals surface area contributed by atoms with Crippen molar-refractivity contribution in [1.82, 2.24) is 10.2 Å². The van der Waals surface area contributed by atoms with Gasteiger partial charge in [0.2, 0.25) is 0 Å². The third-order valence-corrected chi connectivity index (χ3v) is 3.83. The first-order valence-electron chi connectivity index (χ1n) is 6.00. The lowest BCUT2D eigenvalue weighted by Crippen LogP contribution is -2.49. The summed E-state index contributed by atoms with van der Waals surface area (Å²) in [7, 11) is 0. The minimum atomic E-state index is -4.59. The molecule has 112 valence electrons. The maximum absolute atomic E-state index is 13.6. The smallest absolute Gasteiger partial charge is 0.408 e. The number of nitrogens with one attached hydrogen (secondary N) is 1. The number of phenolic OH excluding ortho intramolecular Hbond substituents is 1. The van der Waals surface area contributed by atoms with Crippen molar-refractivity contribution in [3.8, 4) is 5.75 Å². The summed E-state index contributed by atoms with van der Waals surface area (Å²) in [6, 6.07) is 0.265. The van der Waals surface area contributed by atoms with E-state index in [9.17, 15) is 22.7 Å². The summed E-state index contributed by atoms with van der Waals surface area (Å²) >= 11 is 2.84. The highest BCUT2D eigenvalue weighted by Crippen LogP contribution is 2.43. The highest BCUT2D eigenvalue weighted by atomic mass is 79.9. The van der Waals surface area contributed by atoms with Gasteiger partial charge in [-0.3, -0.25) is 4.90 Å². The SMILES string of the molecule is Oc1c([C@@H](N2CCNCC2)C(F)(F)F)ccc(Br)c1F. The highest BCUT2D eigenvalue weighted by Gasteiger charge is 2.46. The summed E-state index contributed by atoms with van der Waals surface area (Å²) in [5.41, 5.74) is -0.458. The molecular weight excluding hydrogens is 344 g/mol. The maximum Gasteiger partial charge on any atom is 0.408 e. The molecule has 1 aromatic rings. The van der Waals surface area contributed by atoms with Crippen LogP contribution < -0.4 is 5.32 Å². The van der Waals surface area contributed by atoms with Crippen LogP contribution in [-0.4, -0.2) is 42.4 Å². The molecule has 0 aliphatic carbocycles. The Morgan fingerprint density at radius 2 is 1.85 bits per heavy atom. The average molecular weight is 357 g/mol. The van der Waals surface area contributed by atoms with Crippen LogP contribution in [0.3, 0.4) is 0 Å². The fourth-order valence-electron chi connectivity index (χ4n) is 2.30. The van der Waals surface area contributed by atoms with Gasteiger partial charge in [-0.15, -0.1) is 0 Å². The van der Waals surface area contributed by atoms with Gasteiger partial charge in [0.25, 0.3) is 0 Å². The van der Waals surface area contributed by atoms with Gasteiger partial charge in [-0.1, -0.05) is 6.07 Å². The summed E-state index contributed by atoms with van der Waals surface area (Å²) in [5.74, 6) is -2.04. The Kier molecular flexibility index (Phi) is 4.55. The van der Waals surface area contributed by atoms with Gasteiger partial charge in [0.15, 0.2) is 11.6 Å². The predicted molar refractivity (Wildman–Crippen MR) is 69.0 cm³/mol. The van der Waals surface area contributed by atoms with Crippen LogP contribution >= 0.6 is 15.9 Å². The molecule has 2 rings (SSSR count). The normalized spacial score (nSPS) is 19.1. The predicted octanol–water partition coefficient (Wildman–Crippen LogP) is 2.80. The lowest BCUT2D eigenvalue weighted by atomic mass is 10.0. The van der Waals surface area contributed by atoms with Crippen LogP contribution in [0.1, 0.15) is 11.6 Å². The van der Waals surface area contributed by atoms with Crippen molar-refractivity contribution in [1.29, 1.82) is 0 Å². The van der Waals surface area contributed by atoms with E-state index in [-0.39, 0.29) is 17.6 Å². The van der Waals surface area contributed by atoms with Crippen molar-refractivity contribution in [2.24, 2.45) is 0 Å². The molecule has 1 fully saturated rings. The molecule has 1 aromatic carbocycles. The van der Waals surface area contributed by atoms with Crippen molar-refractivity contribution < 1.29 is 22.7 Å². The van der Waals surface area contributed by atoms with Crippen molar-refractivity contribution in [2.45, 2.75) is 12.2 Å². The molecule has 8 heteroatoms. The molecule has 3 nitrogen and oxygen atoms in total. The van der Waals surface area contributed by atoms with E-state index in [2.05, 4.69) is 21.2 Å². The van der Waals surface area contributed by atoms with Gasteiger partial charge in [0.1, 0.15) is 6.04 Å². The molecule has 1 atom stereocenters. The van der Waals surface area contributed by atoms with E-state index in [0.29, 0.717) is 13.1 Å². The Morgan fingerprint density at radius 3 is 2.40 bits per heavy atom. The summed E-state index contributed by atoms with van der Waals surface area (Å²) in [6.07, 6.45) is -4.59. The molecule has 2 N–H and O–H groups in total. The minimum absolute atomic E-state index is 0.0695. The number of piperazine rings is 1. The molecule has 20 heavy (non-hydrogen) atoms. The fourth-order valence-corrected chi connectivity index (χ4v) is 2.62. The first-order valence-corrected chi connectivity index (χ1v) is 6.80. The standard InChI is InChI=1S/C12H13BrF4N2O/c13-8-2-1-7(10(20)9(8)14)11(12(15,16)17)19-5-3-18-4-6-19/h1-2,11,18,20H,3-6H2/t11-/m1/s1. The summed E-state index contributed by atoms with van der Waals surface area (Å²) in [4.78, 5) is 1.19. The molecule has 0 unspecified atom stereocenters. The van der Waals surface area contributed by atoms with E-state index in [1.807, 2.05) is 0 Å². The Hall–Kier alpha value is -0.860. The molecule has 0 spiro atoms. The van der Waals surface area contributed by atoms with Crippen LogP contribution in [0.25, 0.3) is 0 Å². The number of benzene rings is 1. The third kappa shape index (κ3) is 3.07. The number of alkyl halides is 3. The molecule has 0 bridgehead atoms. The second-order valence-corrected chi connectivity index (χ2v) is 5.38. The van der Waals surface area contributed by atoms with Gasteiger partial charge in [0.05, 0.1) is 4.47 Å². The molecule has 0 aromatic heterocycles. The van der Waals surface area contributed by atoms with Crippen LogP contribution in [0.5, 0.6) is 5.75 Å². The second kappa shape index (κ2) is 5.87. The van der Waals surface area contributed by atoms with Crippen LogP contribution in [0.4, 0.5) is 17.6 Å². The first-order chi connectivity index (χ1) is 9.32. The topological polar surface area (TPSA) is 35.5 Å². The van der Waals surface area contributed by atoms with Crippen molar-refractivity contribution >= 4 is 15.9 Å². The van der Waals surface area contributed by atoms with Crippen molar-refractivity contribution in [3.05, 3.63) is 28.0 Å². The number of hydrogen-bond acceptors (Lipinski definition) is 3. The Morgan fingerprint density at radius 1 is 1.25 bits per heavy atom. The largest absolute Gasteiger partial charge is 0.505 e. The first kappa shape index (κ1) is 15.5. The third-order valence-electron chi connectivity index (χ3n) is 3.22. The van der Waals surface area contributed by atoms with Crippen molar-refractivity contribution in [3.63, 3.8) is 0 Å². The number of hydrogen-bond donors (Lipinski definition) is 2. The molecule has 0 amide bonds. The Bertz CT molecular complexity index is 489. The van der Waals surface area contributed by atoms with Crippen LogP contribution in [0.15, 0.2) is 16.6 Å². The second-order valence-electron chi connectivity index (χ2n) is 4.53. The number of halogens is 5. The molecule has 1 aliphatic rings. The summed E-state index contributed by atoms with van der Waals surface area (Å²) < 4.78 is 53.4. The van der Waals surface area contributed by atoms with Crippen LogP contribution in [0, 0.1) is 5.82 Å². The van der Waals surface area contributed by atoms with Crippen LogP contribution in [-0.2, 0) is 0 Å². The van der Waals surface area contributed by atoms with Gasteiger partial charge in [-0.2, -0.15) is 13.2 Å². The summed E-state index contributed by atoms with van der Waals surface area (Å²) in [6.45, 7) is 1.21. The minimum Gasteiger partial charge on any atom is -0.505 e. The van der Waals surface area contributed by atoms with E-state index in [1.165, 1.54) is 11.0 Å². The van der Waals surface area contributed by atoms with E-state index >= 15 is 0 Å².